The first-order chi connectivity index (χ1) is 16.1. The van der Waals surface area contributed by atoms with Crippen molar-refractivity contribution in [3.8, 4) is 5.75 Å². The molecule has 0 spiro atoms. The maximum Gasteiger partial charge on any atom is 0.270 e. The smallest absolute Gasteiger partial charge is 0.270 e. The summed E-state index contributed by atoms with van der Waals surface area (Å²) in [6.45, 7) is 0.149. The quantitative estimate of drug-likeness (QED) is 0.232. The van der Waals surface area contributed by atoms with E-state index in [4.69, 9.17) is 17.0 Å². The maximum atomic E-state index is 13.8. The fourth-order valence-electron chi connectivity index (χ4n) is 3.67. The molecule has 0 unspecified atom stereocenters. The molecule has 1 fully saturated rings. The van der Waals surface area contributed by atoms with Crippen molar-refractivity contribution in [2.24, 2.45) is 0 Å². The van der Waals surface area contributed by atoms with Crippen LogP contribution in [0.4, 0.5) is 10.1 Å². The van der Waals surface area contributed by atoms with Gasteiger partial charge in [0.2, 0.25) is 0 Å². The first-order valence-electron chi connectivity index (χ1n) is 10.3. The summed E-state index contributed by atoms with van der Waals surface area (Å²) < 4.78 is 20.0. The van der Waals surface area contributed by atoms with Gasteiger partial charge in [-0.25, -0.2) is 4.39 Å². The predicted molar refractivity (Wildman–Crippen MR) is 137 cm³/mol. The van der Waals surface area contributed by atoms with Crippen LogP contribution in [0.25, 0.3) is 16.8 Å². The van der Waals surface area contributed by atoms with Crippen LogP contribution >= 0.6 is 24.0 Å². The molecule has 1 aliphatic heterocycles. The van der Waals surface area contributed by atoms with Gasteiger partial charge in [-0.2, -0.15) is 0 Å². The van der Waals surface area contributed by atoms with Gasteiger partial charge in [0, 0.05) is 10.9 Å². The van der Waals surface area contributed by atoms with Gasteiger partial charge in [-0.1, -0.05) is 90.7 Å². The van der Waals surface area contributed by atoms with E-state index in [0.29, 0.717) is 20.5 Å². The molecule has 4 aromatic carbocycles. The molecule has 0 N–H and O–H groups in total. The number of anilines is 1. The molecular formula is C27H18FNO2S2. The Morgan fingerprint density at radius 3 is 2.45 bits per heavy atom. The Balaban J connectivity index is 1.34. The first kappa shape index (κ1) is 21.4. The van der Waals surface area contributed by atoms with Crippen molar-refractivity contribution in [1.82, 2.24) is 0 Å². The third-order valence-electron chi connectivity index (χ3n) is 5.33. The second-order valence-corrected chi connectivity index (χ2v) is 9.14. The molecule has 1 amide bonds. The lowest BCUT2D eigenvalue weighted by atomic mass is 10.1. The van der Waals surface area contributed by atoms with E-state index >= 15 is 0 Å². The molecule has 6 heteroatoms. The van der Waals surface area contributed by atoms with Crippen LogP contribution in [0, 0.1) is 5.82 Å². The van der Waals surface area contributed by atoms with Crippen molar-refractivity contribution >= 4 is 56.7 Å². The van der Waals surface area contributed by atoms with E-state index in [1.54, 1.807) is 35.2 Å². The molecule has 0 atom stereocenters. The van der Waals surface area contributed by atoms with Crippen molar-refractivity contribution in [1.29, 1.82) is 0 Å². The average Bonchev–Trinajstić information content (AvgIpc) is 3.11. The zero-order valence-corrected chi connectivity index (χ0v) is 19.0. The molecule has 5 rings (SSSR count). The largest absolute Gasteiger partial charge is 0.489 e. The van der Waals surface area contributed by atoms with Gasteiger partial charge in [0.05, 0.1) is 10.6 Å². The number of thioether (sulfide) groups is 1. The highest BCUT2D eigenvalue weighted by Gasteiger charge is 2.34. The molecule has 0 bridgehead atoms. The summed E-state index contributed by atoms with van der Waals surface area (Å²) in [7, 11) is 0. The highest BCUT2D eigenvalue weighted by atomic mass is 32.2. The molecule has 1 heterocycles. The lowest BCUT2D eigenvalue weighted by molar-refractivity contribution is -0.113. The number of ether oxygens (including phenoxy) is 1. The Hall–Kier alpha value is -3.48. The topological polar surface area (TPSA) is 29.5 Å². The number of carbonyl (C=O) groups excluding carboxylic acids is 1. The standard InChI is InChI=1S/C27H18FNO2S2/c28-23-10-4-2-7-20(23)17-31-21-14-12-18(13-15-21)16-25-26(30)29(27(32)33-25)24-11-5-8-19-6-1-3-9-22(19)24/h1-16H,17H2/b25-16-. The summed E-state index contributed by atoms with van der Waals surface area (Å²) in [5.41, 5.74) is 2.14. The Morgan fingerprint density at radius 1 is 0.909 bits per heavy atom. The molecule has 0 saturated carbocycles. The Kier molecular flexibility index (Phi) is 5.94. The van der Waals surface area contributed by atoms with Gasteiger partial charge in [-0.05, 0) is 41.3 Å². The summed E-state index contributed by atoms with van der Waals surface area (Å²) in [6.07, 6.45) is 1.82. The van der Waals surface area contributed by atoms with Crippen molar-refractivity contribution in [3.63, 3.8) is 0 Å². The summed E-state index contributed by atoms with van der Waals surface area (Å²) >= 11 is 6.83. The molecule has 0 aliphatic carbocycles. The molecule has 1 aliphatic rings. The minimum atomic E-state index is -0.289. The highest BCUT2D eigenvalue weighted by molar-refractivity contribution is 8.27. The van der Waals surface area contributed by atoms with E-state index in [9.17, 15) is 9.18 Å². The van der Waals surface area contributed by atoms with Gasteiger partial charge in [0.25, 0.3) is 5.91 Å². The molecular weight excluding hydrogens is 453 g/mol. The van der Waals surface area contributed by atoms with Crippen LogP contribution in [0.15, 0.2) is 95.9 Å². The minimum Gasteiger partial charge on any atom is -0.489 e. The number of thiocarbonyl (C=S) groups is 1. The molecule has 162 valence electrons. The molecule has 4 aromatic rings. The predicted octanol–water partition coefficient (Wildman–Crippen LogP) is 6.96. The number of hydrogen-bond donors (Lipinski definition) is 0. The Morgan fingerprint density at radius 2 is 1.64 bits per heavy atom. The average molecular weight is 472 g/mol. The van der Waals surface area contributed by atoms with Crippen LogP contribution in [0.5, 0.6) is 5.75 Å². The van der Waals surface area contributed by atoms with Crippen LogP contribution in [-0.4, -0.2) is 10.2 Å². The van der Waals surface area contributed by atoms with Crippen LogP contribution in [0.1, 0.15) is 11.1 Å². The lowest BCUT2D eigenvalue weighted by Crippen LogP contribution is -2.27. The minimum absolute atomic E-state index is 0.138. The fraction of sp³-hybridized carbons (Fsp3) is 0.0370. The highest BCUT2D eigenvalue weighted by Crippen LogP contribution is 2.39. The Labute approximate surface area is 200 Å². The first-order valence-corrected chi connectivity index (χ1v) is 11.5. The number of nitrogens with zero attached hydrogens (tertiary/aromatic N) is 1. The number of carbonyl (C=O) groups is 1. The van der Waals surface area contributed by atoms with Gasteiger partial charge in [0.1, 0.15) is 18.2 Å². The van der Waals surface area contributed by atoms with E-state index in [1.807, 2.05) is 60.7 Å². The number of hydrogen-bond acceptors (Lipinski definition) is 4. The third-order valence-corrected chi connectivity index (χ3v) is 6.63. The maximum absolute atomic E-state index is 13.8. The van der Waals surface area contributed by atoms with E-state index in [0.717, 1.165) is 22.0 Å². The number of benzene rings is 4. The number of amides is 1. The summed E-state index contributed by atoms with van der Waals surface area (Å²) in [5.74, 6) is 0.197. The molecule has 3 nitrogen and oxygen atoms in total. The number of halogens is 1. The summed E-state index contributed by atoms with van der Waals surface area (Å²) in [4.78, 5) is 15.4. The Bertz CT molecular complexity index is 1390. The normalized spacial score (nSPS) is 14.9. The van der Waals surface area contributed by atoms with E-state index in [1.165, 1.54) is 17.8 Å². The zero-order valence-electron chi connectivity index (χ0n) is 17.4. The second kappa shape index (κ2) is 9.17. The summed E-state index contributed by atoms with van der Waals surface area (Å²) in [5, 5.41) is 2.04. The van der Waals surface area contributed by atoms with Gasteiger partial charge in [0.15, 0.2) is 4.32 Å². The van der Waals surface area contributed by atoms with Crippen molar-refractivity contribution in [2.45, 2.75) is 6.61 Å². The number of rotatable bonds is 5. The van der Waals surface area contributed by atoms with Gasteiger partial charge >= 0.3 is 0 Å². The van der Waals surface area contributed by atoms with Crippen LogP contribution < -0.4 is 9.64 Å². The SMILES string of the molecule is O=C1/C(=C/c2ccc(OCc3ccccc3F)cc2)SC(=S)N1c1cccc2ccccc12. The van der Waals surface area contributed by atoms with E-state index < -0.39 is 0 Å². The molecule has 33 heavy (non-hydrogen) atoms. The molecule has 0 aromatic heterocycles. The summed E-state index contributed by atoms with van der Waals surface area (Å²) in [6, 6.07) is 27.7. The molecule has 1 saturated heterocycles. The van der Waals surface area contributed by atoms with Crippen LogP contribution in [0.2, 0.25) is 0 Å². The number of fused-ring (bicyclic) bond motifs is 1. The zero-order chi connectivity index (χ0) is 22.8. The van der Waals surface area contributed by atoms with Gasteiger partial charge < -0.3 is 4.74 Å². The van der Waals surface area contributed by atoms with Gasteiger partial charge in [-0.3, -0.25) is 9.69 Å². The third kappa shape index (κ3) is 4.40. The van der Waals surface area contributed by atoms with Crippen LogP contribution in [0.3, 0.4) is 0 Å². The fourth-order valence-corrected chi connectivity index (χ4v) is 4.95. The van der Waals surface area contributed by atoms with Crippen molar-refractivity contribution in [2.75, 3.05) is 4.90 Å². The molecule has 0 radical (unpaired) electrons. The van der Waals surface area contributed by atoms with Gasteiger partial charge in [-0.15, -0.1) is 0 Å². The van der Waals surface area contributed by atoms with Crippen molar-refractivity contribution < 1.29 is 13.9 Å². The monoisotopic (exact) mass is 471 g/mol. The lowest BCUT2D eigenvalue weighted by Gasteiger charge is -2.17. The van der Waals surface area contributed by atoms with Crippen LogP contribution in [-0.2, 0) is 11.4 Å². The second-order valence-electron chi connectivity index (χ2n) is 7.46. The van der Waals surface area contributed by atoms with E-state index in [-0.39, 0.29) is 18.3 Å². The van der Waals surface area contributed by atoms with E-state index in [2.05, 4.69) is 0 Å². The van der Waals surface area contributed by atoms with Crippen molar-refractivity contribution in [3.05, 3.63) is 113 Å².